The van der Waals surface area contributed by atoms with Crippen LogP contribution in [0.2, 0.25) is 0 Å². The molecule has 3 rings (SSSR count). The van der Waals surface area contributed by atoms with E-state index < -0.39 is 0 Å². The van der Waals surface area contributed by atoms with Gasteiger partial charge in [0.15, 0.2) is 12.4 Å². The third-order valence-electron chi connectivity index (χ3n) is 4.08. The molecule has 7 heteroatoms. The third kappa shape index (κ3) is 5.51. The number of aromatic nitrogens is 3. The van der Waals surface area contributed by atoms with E-state index in [2.05, 4.69) is 20.5 Å². The Morgan fingerprint density at radius 3 is 2.39 bits per heavy atom. The fraction of sp³-hybridized carbons (Fsp3) is 0.238. The van der Waals surface area contributed by atoms with Crippen LogP contribution in [0, 0.1) is 6.92 Å². The summed E-state index contributed by atoms with van der Waals surface area (Å²) in [6.07, 6.45) is 1.23. The van der Waals surface area contributed by atoms with Gasteiger partial charge in [0.25, 0.3) is 5.91 Å². The van der Waals surface area contributed by atoms with E-state index in [1.54, 1.807) is 31.2 Å². The van der Waals surface area contributed by atoms with Gasteiger partial charge in [0.1, 0.15) is 17.4 Å². The van der Waals surface area contributed by atoms with Crippen LogP contribution in [0.25, 0.3) is 11.4 Å². The van der Waals surface area contributed by atoms with Crippen LogP contribution in [-0.4, -0.2) is 33.5 Å². The highest BCUT2D eigenvalue weighted by Crippen LogP contribution is 2.18. The van der Waals surface area contributed by atoms with E-state index in [0.717, 1.165) is 17.0 Å². The maximum Gasteiger partial charge on any atom is 0.262 e. The predicted molar refractivity (Wildman–Crippen MR) is 106 cm³/mol. The zero-order valence-corrected chi connectivity index (χ0v) is 15.9. The van der Waals surface area contributed by atoms with Gasteiger partial charge in [-0.2, -0.15) is 5.10 Å². The number of aryl methyl sites for hydroxylation is 2. The van der Waals surface area contributed by atoms with E-state index in [4.69, 9.17) is 4.74 Å². The molecular weight excluding hydrogens is 356 g/mol. The second kappa shape index (κ2) is 8.94. The largest absolute Gasteiger partial charge is 0.484 e. The molecule has 28 heavy (non-hydrogen) atoms. The molecule has 0 aliphatic heterocycles. The number of anilines is 1. The van der Waals surface area contributed by atoms with Gasteiger partial charge in [0.05, 0.1) is 0 Å². The smallest absolute Gasteiger partial charge is 0.262 e. The minimum atomic E-state index is -0.248. The van der Waals surface area contributed by atoms with E-state index in [-0.39, 0.29) is 18.3 Å². The first-order valence-electron chi connectivity index (χ1n) is 9.00. The quantitative estimate of drug-likeness (QED) is 0.627. The monoisotopic (exact) mass is 378 g/mol. The number of ketones is 1. The minimum absolute atomic E-state index is 0.0886. The average molecular weight is 378 g/mol. The number of hydrogen-bond acceptors (Lipinski definition) is 5. The summed E-state index contributed by atoms with van der Waals surface area (Å²) in [6, 6.07) is 14.7. The van der Waals surface area contributed by atoms with Gasteiger partial charge in [0, 0.05) is 17.7 Å². The molecule has 0 radical (unpaired) electrons. The van der Waals surface area contributed by atoms with Crippen molar-refractivity contribution in [1.82, 2.24) is 15.2 Å². The maximum absolute atomic E-state index is 12.1. The summed E-state index contributed by atoms with van der Waals surface area (Å²) >= 11 is 0. The van der Waals surface area contributed by atoms with Crippen LogP contribution in [0.5, 0.6) is 5.75 Å². The molecule has 7 nitrogen and oxygen atoms in total. The molecule has 0 aliphatic rings. The fourth-order valence-electron chi connectivity index (χ4n) is 2.59. The van der Waals surface area contributed by atoms with Crippen LogP contribution in [0.1, 0.15) is 24.7 Å². The number of H-pyrrole nitrogens is 1. The fourth-order valence-corrected chi connectivity index (χ4v) is 2.59. The van der Waals surface area contributed by atoms with Crippen LogP contribution in [-0.2, 0) is 16.0 Å². The molecule has 0 saturated carbocycles. The molecule has 2 aromatic carbocycles. The lowest BCUT2D eigenvalue weighted by molar-refractivity contribution is -0.118. The lowest BCUT2D eigenvalue weighted by Crippen LogP contribution is -2.20. The molecule has 0 saturated heterocycles. The van der Waals surface area contributed by atoms with Gasteiger partial charge in [-0.3, -0.25) is 9.89 Å². The molecule has 0 unspecified atom stereocenters. The van der Waals surface area contributed by atoms with E-state index in [1.165, 1.54) is 0 Å². The zero-order valence-electron chi connectivity index (χ0n) is 15.9. The average Bonchev–Trinajstić information content (AvgIpc) is 3.12. The number of hydrogen-bond donors (Lipinski definition) is 2. The number of amides is 1. The van der Waals surface area contributed by atoms with Crippen molar-refractivity contribution in [2.45, 2.75) is 26.7 Å². The number of aromatic amines is 1. The number of nitrogens with zero attached hydrogens (tertiary/aromatic N) is 2. The lowest BCUT2D eigenvalue weighted by Gasteiger charge is -2.08. The summed E-state index contributed by atoms with van der Waals surface area (Å²) in [6.45, 7) is 3.33. The number of carbonyl (C=O) groups is 2. The Kier molecular flexibility index (Phi) is 6.16. The van der Waals surface area contributed by atoms with E-state index in [9.17, 15) is 9.59 Å². The molecule has 2 N–H and O–H groups in total. The van der Waals surface area contributed by atoms with Gasteiger partial charge in [-0.05, 0) is 62.2 Å². The molecule has 0 spiro atoms. The van der Waals surface area contributed by atoms with Gasteiger partial charge in [-0.1, -0.05) is 12.1 Å². The highest BCUT2D eigenvalue weighted by molar-refractivity contribution is 5.92. The van der Waals surface area contributed by atoms with E-state index in [0.29, 0.717) is 30.1 Å². The number of benzene rings is 2. The first-order chi connectivity index (χ1) is 13.5. The first kappa shape index (κ1) is 19.3. The van der Waals surface area contributed by atoms with Crippen molar-refractivity contribution in [3.05, 3.63) is 59.9 Å². The van der Waals surface area contributed by atoms with E-state index >= 15 is 0 Å². The molecule has 0 atom stereocenters. The second-order valence-corrected chi connectivity index (χ2v) is 6.50. The molecule has 1 aromatic heterocycles. The molecule has 0 aliphatic carbocycles. The summed E-state index contributed by atoms with van der Waals surface area (Å²) in [4.78, 5) is 27.4. The van der Waals surface area contributed by atoms with Gasteiger partial charge >= 0.3 is 0 Å². The van der Waals surface area contributed by atoms with Crippen molar-refractivity contribution >= 4 is 17.4 Å². The van der Waals surface area contributed by atoms with Gasteiger partial charge < -0.3 is 14.8 Å². The van der Waals surface area contributed by atoms with Gasteiger partial charge in [0.2, 0.25) is 0 Å². The van der Waals surface area contributed by atoms with Crippen LogP contribution in [0.15, 0.2) is 48.5 Å². The zero-order chi connectivity index (χ0) is 19.9. The van der Waals surface area contributed by atoms with Crippen molar-refractivity contribution in [3.8, 4) is 17.1 Å². The van der Waals surface area contributed by atoms with Crippen LogP contribution in [0.3, 0.4) is 0 Å². The topological polar surface area (TPSA) is 97.0 Å². The summed E-state index contributed by atoms with van der Waals surface area (Å²) in [5.41, 5.74) is 2.60. The normalized spacial score (nSPS) is 10.5. The lowest BCUT2D eigenvalue weighted by atomic mass is 10.1. The Morgan fingerprint density at radius 1 is 1.07 bits per heavy atom. The summed E-state index contributed by atoms with van der Waals surface area (Å²) in [7, 11) is 0. The molecule has 1 amide bonds. The molecule has 0 fully saturated rings. The van der Waals surface area contributed by atoms with Gasteiger partial charge in [-0.25, -0.2) is 4.98 Å². The number of ether oxygens (including phenoxy) is 1. The molecular formula is C21H22N4O3. The molecule has 1 heterocycles. The number of Topliss-reactive ketones (excluding diaryl/α,β-unsaturated/α-hetero) is 1. The summed E-state index contributed by atoms with van der Waals surface area (Å²) in [5.74, 6) is 1.89. The van der Waals surface area contributed by atoms with Crippen LogP contribution >= 0.6 is 0 Å². The van der Waals surface area contributed by atoms with Crippen molar-refractivity contribution < 1.29 is 14.3 Å². The first-order valence-corrected chi connectivity index (χ1v) is 9.00. The standard InChI is InChI=1S/C21H22N4O3/c1-14(26)3-4-16-5-11-19(12-6-16)28-13-20(27)23-18-9-7-17(8-10-18)21-22-15(2)24-25-21/h5-12H,3-4,13H2,1-2H3,(H,23,27)(H,22,24,25). The van der Waals surface area contributed by atoms with Crippen LogP contribution < -0.4 is 10.1 Å². The Hall–Kier alpha value is -3.48. The number of rotatable bonds is 8. The maximum atomic E-state index is 12.1. The van der Waals surface area contributed by atoms with Crippen LogP contribution in [0.4, 0.5) is 5.69 Å². The van der Waals surface area contributed by atoms with Crippen molar-refractivity contribution in [2.24, 2.45) is 0 Å². The van der Waals surface area contributed by atoms with Gasteiger partial charge in [-0.15, -0.1) is 0 Å². The SMILES string of the molecule is CC(=O)CCc1ccc(OCC(=O)Nc2ccc(-c3n[nH]c(C)n3)cc2)cc1. The molecule has 144 valence electrons. The van der Waals surface area contributed by atoms with Crippen molar-refractivity contribution in [2.75, 3.05) is 11.9 Å². The summed E-state index contributed by atoms with van der Waals surface area (Å²) < 4.78 is 5.51. The molecule has 0 bridgehead atoms. The number of nitrogens with one attached hydrogen (secondary N) is 2. The summed E-state index contributed by atoms with van der Waals surface area (Å²) in [5, 5.41) is 9.70. The van der Waals surface area contributed by atoms with Crippen molar-refractivity contribution in [1.29, 1.82) is 0 Å². The van der Waals surface area contributed by atoms with Crippen molar-refractivity contribution in [3.63, 3.8) is 0 Å². The van der Waals surface area contributed by atoms with E-state index in [1.807, 2.05) is 31.2 Å². The second-order valence-electron chi connectivity index (χ2n) is 6.50. The molecule has 3 aromatic rings. The highest BCUT2D eigenvalue weighted by atomic mass is 16.5. The highest BCUT2D eigenvalue weighted by Gasteiger charge is 2.07. The Labute approximate surface area is 163 Å². The Bertz CT molecular complexity index is 947. The number of carbonyl (C=O) groups excluding carboxylic acids is 2. The Morgan fingerprint density at radius 2 is 1.79 bits per heavy atom. The predicted octanol–water partition coefficient (Wildman–Crippen LogP) is 3.32. The minimum Gasteiger partial charge on any atom is -0.484 e. The Balaban J connectivity index is 1.48. The third-order valence-corrected chi connectivity index (χ3v) is 4.08.